The van der Waals surface area contributed by atoms with Crippen LogP contribution in [0.2, 0.25) is 0 Å². The lowest BCUT2D eigenvalue weighted by molar-refractivity contribution is 1.18. The number of para-hydroxylation sites is 1. The lowest BCUT2D eigenvalue weighted by Gasteiger charge is -2.26. The van der Waals surface area contributed by atoms with Gasteiger partial charge in [0.1, 0.15) is 0 Å². The summed E-state index contributed by atoms with van der Waals surface area (Å²) in [5, 5.41) is 7.40. The van der Waals surface area contributed by atoms with Gasteiger partial charge in [0.15, 0.2) is 0 Å². The van der Waals surface area contributed by atoms with Gasteiger partial charge in [-0.1, -0.05) is 152 Å². The number of fused-ring (bicyclic) bond motifs is 6. The molecule has 0 amide bonds. The molecule has 10 aromatic rings. The van der Waals surface area contributed by atoms with Crippen molar-refractivity contribution in [3.8, 4) is 27.9 Å². The van der Waals surface area contributed by atoms with Crippen LogP contribution in [0.15, 0.2) is 206 Å². The van der Waals surface area contributed by atoms with Gasteiger partial charge in [0, 0.05) is 38.9 Å². The van der Waals surface area contributed by atoms with Crippen LogP contribution in [0, 0.1) is 0 Å². The van der Waals surface area contributed by atoms with Gasteiger partial charge in [-0.2, -0.15) is 0 Å². The molecule has 0 atom stereocenters. The van der Waals surface area contributed by atoms with Gasteiger partial charge in [-0.15, -0.1) is 0 Å². The fourth-order valence-corrected chi connectivity index (χ4v) is 7.90. The number of hydrogen-bond donors (Lipinski definition) is 0. The summed E-state index contributed by atoms with van der Waals surface area (Å²) >= 11 is 0. The predicted octanol–water partition coefficient (Wildman–Crippen LogP) is 13.9. The summed E-state index contributed by atoms with van der Waals surface area (Å²) in [5.41, 5.74) is 11.7. The molecule has 0 saturated heterocycles. The second-order valence-electron chi connectivity index (χ2n) is 13.4. The first-order valence-corrected chi connectivity index (χ1v) is 17.9. The maximum atomic E-state index is 2.47. The van der Waals surface area contributed by atoms with E-state index in [0.717, 1.165) is 22.7 Å². The van der Waals surface area contributed by atoms with E-state index < -0.39 is 0 Å². The summed E-state index contributed by atoms with van der Waals surface area (Å²) in [6, 6.07) is 74.7. The van der Waals surface area contributed by atoms with Gasteiger partial charge in [0.05, 0.1) is 11.0 Å². The highest BCUT2D eigenvalue weighted by Crippen LogP contribution is 2.45. The number of anilines is 3. The van der Waals surface area contributed by atoms with E-state index in [1.165, 1.54) is 65.6 Å². The minimum Gasteiger partial charge on any atom is -0.310 e. The van der Waals surface area contributed by atoms with Crippen LogP contribution in [-0.4, -0.2) is 4.57 Å². The molecule has 0 radical (unpaired) electrons. The van der Waals surface area contributed by atoms with E-state index in [4.69, 9.17) is 0 Å². The lowest BCUT2D eigenvalue weighted by Crippen LogP contribution is -2.10. The average molecular weight is 663 g/mol. The molecule has 9 aromatic carbocycles. The largest absolute Gasteiger partial charge is 0.310 e. The highest BCUT2D eigenvalue weighted by atomic mass is 15.1. The Morgan fingerprint density at radius 3 is 1.65 bits per heavy atom. The van der Waals surface area contributed by atoms with Gasteiger partial charge in [-0.25, -0.2) is 0 Å². The van der Waals surface area contributed by atoms with E-state index in [1.54, 1.807) is 0 Å². The van der Waals surface area contributed by atoms with Crippen molar-refractivity contribution in [2.45, 2.75) is 0 Å². The smallest absolute Gasteiger partial charge is 0.0625 e. The molecule has 10 rings (SSSR count). The summed E-state index contributed by atoms with van der Waals surface area (Å²) in [6.45, 7) is 0. The number of benzene rings is 9. The van der Waals surface area contributed by atoms with Crippen molar-refractivity contribution < 1.29 is 0 Å². The molecule has 0 unspecified atom stereocenters. The summed E-state index contributed by atoms with van der Waals surface area (Å²) < 4.78 is 2.47. The maximum Gasteiger partial charge on any atom is 0.0625 e. The van der Waals surface area contributed by atoms with Crippen molar-refractivity contribution in [3.05, 3.63) is 206 Å². The van der Waals surface area contributed by atoms with Gasteiger partial charge in [-0.05, 0) is 93.0 Å². The molecule has 1 heterocycles. The third kappa shape index (κ3) is 5.04. The number of nitrogens with zero attached hydrogens (tertiary/aromatic N) is 2. The lowest BCUT2D eigenvalue weighted by atomic mass is 9.95. The Morgan fingerprint density at radius 1 is 0.346 bits per heavy atom. The zero-order valence-electron chi connectivity index (χ0n) is 28.5. The van der Waals surface area contributed by atoms with Gasteiger partial charge >= 0.3 is 0 Å². The Hall–Kier alpha value is -6.90. The molecule has 0 bridgehead atoms. The first kappa shape index (κ1) is 30.0. The minimum absolute atomic E-state index is 1.10. The van der Waals surface area contributed by atoms with E-state index in [9.17, 15) is 0 Å². The van der Waals surface area contributed by atoms with Crippen LogP contribution in [0.1, 0.15) is 0 Å². The van der Waals surface area contributed by atoms with E-state index in [2.05, 4.69) is 216 Å². The first-order valence-electron chi connectivity index (χ1n) is 17.9. The summed E-state index contributed by atoms with van der Waals surface area (Å²) in [4.78, 5) is 2.39. The van der Waals surface area contributed by atoms with Crippen LogP contribution in [-0.2, 0) is 0 Å². The Labute approximate surface area is 303 Å². The van der Waals surface area contributed by atoms with E-state index in [0.29, 0.717) is 0 Å². The van der Waals surface area contributed by atoms with Crippen molar-refractivity contribution >= 4 is 60.4 Å². The van der Waals surface area contributed by atoms with Crippen molar-refractivity contribution in [3.63, 3.8) is 0 Å². The van der Waals surface area contributed by atoms with Crippen LogP contribution in [0.5, 0.6) is 0 Å². The van der Waals surface area contributed by atoms with Gasteiger partial charge in [-0.3, -0.25) is 0 Å². The molecule has 244 valence electrons. The molecule has 52 heavy (non-hydrogen) atoms. The molecule has 2 heteroatoms. The molecular formula is C50H34N2. The van der Waals surface area contributed by atoms with Crippen molar-refractivity contribution in [1.29, 1.82) is 0 Å². The fraction of sp³-hybridized carbons (Fsp3) is 0. The summed E-state index contributed by atoms with van der Waals surface area (Å²) in [6.07, 6.45) is 0. The minimum atomic E-state index is 1.10. The molecule has 0 spiro atoms. The van der Waals surface area contributed by atoms with Crippen LogP contribution in [0.25, 0.3) is 71.3 Å². The summed E-state index contributed by atoms with van der Waals surface area (Å²) in [5.74, 6) is 0. The molecule has 1 aromatic heterocycles. The van der Waals surface area contributed by atoms with E-state index in [1.807, 2.05) is 0 Å². The first-order chi connectivity index (χ1) is 25.8. The Kier molecular flexibility index (Phi) is 7.18. The highest BCUT2D eigenvalue weighted by molar-refractivity contribution is 6.24. The van der Waals surface area contributed by atoms with Crippen LogP contribution >= 0.6 is 0 Å². The molecule has 2 nitrogen and oxygen atoms in total. The quantitative estimate of drug-likeness (QED) is 0.172. The molecule has 0 saturated carbocycles. The second-order valence-corrected chi connectivity index (χ2v) is 13.4. The molecule has 0 aliphatic rings. The zero-order chi connectivity index (χ0) is 34.4. The SMILES string of the molecule is c1ccc(-c2ccc(N(c3ccc4ccccc4c3)c3ccc4c5c(-c6ccccc6)cc6ccccc6c5n(-c5ccccc5)c4c3)cc2)cc1. The normalized spacial score (nSPS) is 11.5. The molecule has 0 N–H and O–H groups in total. The van der Waals surface area contributed by atoms with Gasteiger partial charge in [0.2, 0.25) is 0 Å². The fourth-order valence-electron chi connectivity index (χ4n) is 7.90. The Morgan fingerprint density at radius 2 is 0.904 bits per heavy atom. The van der Waals surface area contributed by atoms with Crippen molar-refractivity contribution in [1.82, 2.24) is 4.57 Å². The van der Waals surface area contributed by atoms with Crippen LogP contribution in [0.4, 0.5) is 17.1 Å². The third-order valence-corrected chi connectivity index (χ3v) is 10.3. The van der Waals surface area contributed by atoms with Gasteiger partial charge in [0.25, 0.3) is 0 Å². The monoisotopic (exact) mass is 662 g/mol. The highest BCUT2D eigenvalue weighted by Gasteiger charge is 2.22. The Balaban J connectivity index is 1.27. The second kappa shape index (κ2) is 12.5. The molecular weight excluding hydrogens is 629 g/mol. The predicted molar refractivity (Wildman–Crippen MR) is 221 cm³/mol. The third-order valence-electron chi connectivity index (χ3n) is 10.3. The van der Waals surface area contributed by atoms with Gasteiger partial charge < -0.3 is 9.47 Å². The maximum absolute atomic E-state index is 2.47. The summed E-state index contributed by atoms with van der Waals surface area (Å²) in [7, 11) is 0. The van der Waals surface area contributed by atoms with Crippen LogP contribution < -0.4 is 4.90 Å². The average Bonchev–Trinajstić information content (AvgIpc) is 3.57. The standard InChI is InChI=1S/C50H34N2/c1-4-14-35(15-5-1)37-24-27-42(28-25-37)51(43-29-26-36-16-10-11-19-39(36)32-43)44-30-31-46-48(34-44)52(41-21-8-3-9-22-41)50-45-23-13-12-20-40(45)33-47(49(46)50)38-17-6-2-7-18-38/h1-34H. The number of hydrogen-bond acceptors (Lipinski definition) is 1. The topological polar surface area (TPSA) is 8.17 Å². The van der Waals surface area contributed by atoms with Crippen LogP contribution in [0.3, 0.4) is 0 Å². The van der Waals surface area contributed by atoms with Crippen molar-refractivity contribution in [2.75, 3.05) is 4.90 Å². The van der Waals surface area contributed by atoms with Crippen molar-refractivity contribution in [2.24, 2.45) is 0 Å². The van der Waals surface area contributed by atoms with E-state index in [-0.39, 0.29) is 0 Å². The number of rotatable bonds is 6. The van der Waals surface area contributed by atoms with E-state index >= 15 is 0 Å². The zero-order valence-corrected chi connectivity index (χ0v) is 28.5. The molecule has 0 aliphatic carbocycles. The molecule has 0 aliphatic heterocycles. The molecule has 0 fully saturated rings. The number of aromatic nitrogens is 1. The Bertz CT molecular complexity index is 2870.